The molecular formula is C30H38O8S. The van der Waals surface area contributed by atoms with E-state index in [-0.39, 0.29) is 18.6 Å². The van der Waals surface area contributed by atoms with E-state index in [1.165, 1.54) is 32.5 Å². The summed E-state index contributed by atoms with van der Waals surface area (Å²) in [5, 5.41) is 0. The lowest BCUT2D eigenvalue weighted by Crippen LogP contribution is -2.61. The Bertz CT molecular complexity index is 1140. The standard InChI is InChI=1S/C30H38O8S/c1-18-13-14-23(30(5,6)7)15-25(18)39-29-28(37-21(4)33)27(35-16-22-11-9-8-10-12-22)26(36-20(3)32)24(38-29)17-34-19(2)31/h8-15,24,26-29H,16-17H2,1-7H3/t24?,26-,27?,28?,29+/m1/s1. The maximum absolute atomic E-state index is 12.3. The second-order valence-corrected chi connectivity index (χ2v) is 11.7. The van der Waals surface area contributed by atoms with E-state index in [9.17, 15) is 14.4 Å². The predicted molar refractivity (Wildman–Crippen MR) is 147 cm³/mol. The van der Waals surface area contributed by atoms with Crippen LogP contribution in [0.4, 0.5) is 0 Å². The molecule has 212 valence electrons. The number of esters is 3. The molecule has 3 unspecified atom stereocenters. The summed E-state index contributed by atoms with van der Waals surface area (Å²) in [7, 11) is 0. The van der Waals surface area contributed by atoms with Crippen molar-refractivity contribution < 1.29 is 38.1 Å². The lowest BCUT2D eigenvalue weighted by atomic mass is 9.87. The Labute approximate surface area is 234 Å². The second kappa shape index (κ2) is 13.5. The second-order valence-electron chi connectivity index (χ2n) is 10.6. The molecule has 8 nitrogen and oxygen atoms in total. The van der Waals surface area contributed by atoms with Gasteiger partial charge in [0.2, 0.25) is 0 Å². The molecule has 9 heteroatoms. The summed E-state index contributed by atoms with van der Waals surface area (Å²) in [6.07, 6.45) is -3.66. The molecule has 1 aliphatic rings. The minimum absolute atomic E-state index is 0.0780. The van der Waals surface area contributed by atoms with E-state index in [1.54, 1.807) is 0 Å². The van der Waals surface area contributed by atoms with E-state index in [2.05, 4.69) is 32.9 Å². The molecule has 0 spiro atoms. The average molecular weight is 559 g/mol. The van der Waals surface area contributed by atoms with Crippen LogP contribution in [0, 0.1) is 6.92 Å². The Morgan fingerprint density at radius 2 is 1.51 bits per heavy atom. The van der Waals surface area contributed by atoms with E-state index < -0.39 is 47.8 Å². The highest BCUT2D eigenvalue weighted by Gasteiger charge is 2.51. The number of rotatable bonds is 9. The topological polar surface area (TPSA) is 97.4 Å². The van der Waals surface area contributed by atoms with E-state index in [1.807, 2.05) is 43.3 Å². The third-order valence-corrected chi connectivity index (χ3v) is 7.53. The van der Waals surface area contributed by atoms with Gasteiger partial charge in [-0.1, -0.05) is 75.0 Å². The minimum atomic E-state index is -0.992. The Balaban J connectivity index is 2.03. The summed E-state index contributed by atoms with van der Waals surface area (Å²) >= 11 is 1.40. The molecule has 0 amide bonds. The molecule has 0 saturated carbocycles. The van der Waals surface area contributed by atoms with Gasteiger partial charge in [0, 0.05) is 25.7 Å². The van der Waals surface area contributed by atoms with Gasteiger partial charge >= 0.3 is 17.9 Å². The van der Waals surface area contributed by atoms with Gasteiger partial charge in [-0.05, 0) is 35.1 Å². The zero-order chi connectivity index (χ0) is 28.7. The molecule has 1 heterocycles. The number of hydrogen-bond acceptors (Lipinski definition) is 9. The van der Waals surface area contributed by atoms with Crippen LogP contribution in [-0.4, -0.2) is 54.4 Å². The Hall–Kier alpha value is -2.88. The Kier molecular flexibility index (Phi) is 10.6. The van der Waals surface area contributed by atoms with Gasteiger partial charge in [0.25, 0.3) is 0 Å². The lowest BCUT2D eigenvalue weighted by Gasteiger charge is -2.44. The number of thioether (sulfide) groups is 1. The summed E-state index contributed by atoms with van der Waals surface area (Å²) in [6, 6.07) is 15.7. The van der Waals surface area contributed by atoms with Gasteiger partial charge in [-0.15, -0.1) is 0 Å². The van der Waals surface area contributed by atoms with Crippen LogP contribution in [0.2, 0.25) is 0 Å². The maximum Gasteiger partial charge on any atom is 0.303 e. The van der Waals surface area contributed by atoms with Gasteiger partial charge in [-0.2, -0.15) is 0 Å². The molecule has 39 heavy (non-hydrogen) atoms. The van der Waals surface area contributed by atoms with Crippen molar-refractivity contribution in [3.63, 3.8) is 0 Å². The van der Waals surface area contributed by atoms with Crippen molar-refractivity contribution in [2.24, 2.45) is 0 Å². The van der Waals surface area contributed by atoms with Crippen molar-refractivity contribution in [2.45, 2.75) is 95.2 Å². The van der Waals surface area contributed by atoms with Crippen molar-refractivity contribution in [1.82, 2.24) is 0 Å². The molecule has 1 fully saturated rings. The van der Waals surface area contributed by atoms with Crippen LogP contribution >= 0.6 is 11.8 Å². The Morgan fingerprint density at radius 3 is 2.10 bits per heavy atom. The van der Waals surface area contributed by atoms with Crippen LogP contribution in [-0.2, 0) is 50.1 Å². The maximum atomic E-state index is 12.3. The molecule has 3 rings (SSSR count). The molecule has 0 aromatic heterocycles. The fourth-order valence-electron chi connectivity index (χ4n) is 4.23. The number of ether oxygens (including phenoxy) is 5. The normalized spacial score (nSPS) is 23.1. The molecular weight excluding hydrogens is 520 g/mol. The molecule has 2 aromatic rings. The molecule has 5 atom stereocenters. The summed E-state index contributed by atoms with van der Waals surface area (Å²) in [4.78, 5) is 37.0. The Morgan fingerprint density at radius 1 is 0.872 bits per heavy atom. The van der Waals surface area contributed by atoms with E-state index in [4.69, 9.17) is 23.7 Å². The van der Waals surface area contributed by atoms with Crippen LogP contribution in [0.25, 0.3) is 0 Å². The highest BCUT2D eigenvalue weighted by molar-refractivity contribution is 7.99. The summed E-state index contributed by atoms with van der Waals surface area (Å²) in [5.74, 6) is -1.59. The third kappa shape index (κ3) is 8.81. The molecule has 0 radical (unpaired) electrons. The van der Waals surface area contributed by atoms with Crippen molar-refractivity contribution in [2.75, 3.05) is 6.61 Å². The van der Waals surface area contributed by atoms with Crippen LogP contribution < -0.4 is 0 Å². The third-order valence-electron chi connectivity index (χ3n) is 6.23. The zero-order valence-corrected chi connectivity index (χ0v) is 24.4. The highest BCUT2D eigenvalue weighted by atomic mass is 32.2. The molecule has 1 saturated heterocycles. The van der Waals surface area contributed by atoms with E-state index in [0.29, 0.717) is 0 Å². The first-order valence-corrected chi connectivity index (χ1v) is 13.8. The summed E-state index contributed by atoms with van der Waals surface area (Å²) in [5.41, 5.74) is 2.24. The summed E-state index contributed by atoms with van der Waals surface area (Å²) < 4.78 is 29.4. The zero-order valence-electron chi connectivity index (χ0n) is 23.6. The fourth-order valence-corrected chi connectivity index (χ4v) is 5.47. The molecule has 0 bridgehead atoms. The number of benzene rings is 2. The molecule has 0 N–H and O–H groups in total. The van der Waals surface area contributed by atoms with Gasteiger partial charge in [0.15, 0.2) is 12.2 Å². The van der Waals surface area contributed by atoms with Crippen LogP contribution in [0.3, 0.4) is 0 Å². The summed E-state index contributed by atoms with van der Waals surface area (Å²) in [6.45, 7) is 12.3. The largest absolute Gasteiger partial charge is 0.463 e. The molecule has 1 aliphatic heterocycles. The van der Waals surface area contributed by atoms with Gasteiger partial charge in [-0.3, -0.25) is 14.4 Å². The first-order chi connectivity index (χ1) is 18.3. The van der Waals surface area contributed by atoms with Crippen LogP contribution in [0.5, 0.6) is 0 Å². The van der Waals surface area contributed by atoms with Gasteiger partial charge in [0.05, 0.1) is 6.61 Å². The average Bonchev–Trinajstić information content (AvgIpc) is 2.84. The first-order valence-electron chi connectivity index (χ1n) is 12.9. The lowest BCUT2D eigenvalue weighted by molar-refractivity contribution is -0.241. The van der Waals surface area contributed by atoms with Crippen molar-refractivity contribution in [1.29, 1.82) is 0 Å². The van der Waals surface area contributed by atoms with Crippen molar-refractivity contribution in [3.8, 4) is 0 Å². The monoisotopic (exact) mass is 558 g/mol. The van der Waals surface area contributed by atoms with E-state index in [0.717, 1.165) is 21.6 Å². The fraction of sp³-hybridized carbons (Fsp3) is 0.500. The SMILES string of the molecule is CC(=O)OCC1O[C@@H](Sc2cc(C(C)(C)C)ccc2C)C(OC(C)=O)C(OCc2ccccc2)[C@@H]1OC(C)=O. The highest BCUT2D eigenvalue weighted by Crippen LogP contribution is 2.40. The molecule has 2 aromatic carbocycles. The van der Waals surface area contributed by atoms with Gasteiger partial charge < -0.3 is 23.7 Å². The minimum Gasteiger partial charge on any atom is -0.463 e. The number of carbonyl (C=O) groups excluding carboxylic acids is 3. The first kappa shape index (κ1) is 30.7. The van der Waals surface area contributed by atoms with Crippen LogP contribution in [0.1, 0.15) is 58.2 Å². The van der Waals surface area contributed by atoms with Crippen molar-refractivity contribution >= 4 is 29.7 Å². The predicted octanol–water partition coefficient (Wildman–Crippen LogP) is 5.12. The van der Waals surface area contributed by atoms with E-state index >= 15 is 0 Å². The quantitative estimate of drug-likeness (QED) is 0.307. The number of aryl methyl sites for hydroxylation is 1. The van der Waals surface area contributed by atoms with Gasteiger partial charge in [0.1, 0.15) is 24.3 Å². The smallest absolute Gasteiger partial charge is 0.303 e. The van der Waals surface area contributed by atoms with Crippen molar-refractivity contribution in [3.05, 3.63) is 65.2 Å². The number of hydrogen-bond donors (Lipinski definition) is 0. The molecule has 0 aliphatic carbocycles. The van der Waals surface area contributed by atoms with Gasteiger partial charge in [-0.25, -0.2) is 0 Å². The van der Waals surface area contributed by atoms with Crippen LogP contribution in [0.15, 0.2) is 53.4 Å². The number of carbonyl (C=O) groups is 3.